The van der Waals surface area contributed by atoms with Crippen LogP contribution in [0.2, 0.25) is 0 Å². The van der Waals surface area contributed by atoms with Crippen LogP contribution in [0.5, 0.6) is 0 Å². The first-order valence-corrected chi connectivity index (χ1v) is 6.28. The van der Waals surface area contributed by atoms with E-state index in [0.717, 1.165) is 17.4 Å². The molecule has 2 nitrogen and oxygen atoms in total. The highest BCUT2D eigenvalue weighted by molar-refractivity contribution is 5.86. The van der Waals surface area contributed by atoms with E-state index in [2.05, 4.69) is 4.98 Å². The zero-order chi connectivity index (χ0) is 11.0. The Balaban J connectivity index is 1.63. The van der Waals surface area contributed by atoms with E-state index in [1.54, 1.807) is 12.4 Å². The lowest BCUT2D eigenvalue weighted by Gasteiger charge is -2.04. The van der Waals surface area contributed by atoms with Crippen LogP contribution >= 0.6 is 0 Å². The summed E-state index contributed by atoms with van der Waals surface area (Å²) in [5.74, 6) is 2.34. The van der Waals surface area contributed by atoms with Crippen LogP contribution in [0.3, 0.4) is 0 Å². The molecule has 2 unspecified atom stereocenters. The number of pyridine rings is 1. The van der Waals surface area contributed by atoms with Gasteiger partial charge in [-0.25, -0.2) is 0 Å². The van der Waals surface area contributed by atoms with Crippen LogP contribution in [0.25, 0.3) is 0 Å². The minimum Gasteiger partial charge on any atom is -0.299 e. The normalized spacial score (nSPS) is 31.9. The van der Waals surface area contributed by atoms with E-state index in [4.69, 9.17) is 0 Å². The summed E-state index contributed by atoms with van der Waals surface area (Å²) in [5.41, 5.74) is 1.11. The van der Waals surface area contributed by atoms with E-state index in [0.29, 0.717) is 18.1 Å². The maximum atomic E-state index is 12.1. The zero-order valence-electron chi connectivity index (χ0n) is 9.43. The van der Waals surface area contributed by atoms with Crippen LogP contribution in [0.15, 0.2) is 24.5 Å². The standard InChI is InChI=1S/C14H17NO/c16-13(9-10-5-7-15-8-6-10)14-11-3-1-2-4-12(11)14/h5-8,11-12,14H,1-4,9H2. The number of Topliss-reactive ketones (excluding diaryl/α,β-unsaturated/α-hetero) is 1. The van der Waals surface area contributed by atoms with Gasteiger partial charge in [-0.15, -0.1) is 0 Å². The number of fused-ring (bicyclic) bond motifs is 1. The molecule has 2 atom stereocenters. The molecule has 84 valence electrons. The molecule has 2 heteroatoms. The summed E-state index contributed by atoms with van der Waals surface area (Å²) in [7, 11) is 0. The predicted molar refractivity (Wildman–Crippen MR) is 61.9 cm³/mol. The number of carbonyl (C=O) groups excluding carboxylic acids is 1. The van der Waals surface area contributed by atoms with Gasteiger partial charge in [0.05, 0.1) is 0 Å². The Morgan fingerprint density at radius 1 is 1.19 bits per heavy atom. The van der Waals surface area contributed by atoms with Crippen molar-refractivity contribution in [3.63, 3.8) is 0 Å². The number of aromatic nitrogens is 1. The molecule has 0 radical (unpaired) electrons. The maximum Gasteiger partial charge on any atom is 0.140 e. The molecular formula is C14H17NO. The van der Waals surface area contributed by atoms with Gasteiger partial charge < -0.3 is 0 Å². The highest BCUT2D eigenvalue weighted by Gasteiger charge is 2.53. The summed E-state index contributed by atoms with van der Waals surface area (Å²) >= 11 is 0. The van der Waals surface area contributed by atoms with E-state index in [1.807, 2.05) is 12.1 Å². The molecular weight excluding hydrogens is 198 g/mol. The minimum atomic E-state index is 0.399. The van der Waals surface area contributed by atoms with Gasteiger partial charge in [-0.1, -0.05) is 12.8 Å². The smallest absolute Gasteiger partial charge is 0.140 e. The van der Waals surface area contributed by atoms with Gasteiger partial charge in [0.1, 0.15) is 5.78 Å². The number of hydrogen-bond acceptors (Lipinski definition) is 2. The molecule has 0 spiro atoms. The molecule has 1 heterocycles. The second kappa shape index (κ2) is 4.00. The lowest BCUT2D eigenvalue weighted by Crippen LogP contribution is -2.07. The van der Waals surface area contributed by atoms with Gasteiger partial charge in [0.25, 0.3) is 0 Å². The Kier molecular flexibility index (Phi) is 2.50. The average Bonchev–Trinajstić information content (AvgIpc) is 3.04. The van der Waals surface area contributed by atoms with E-state index >= 15 is 0 Å². The molecule has 2 aliphatic carbocycles. The highest BCUT2D eigenvalue weighted by Crippen LogP contribution is 2.55. The predicted octanol–water partition coefficient (Wildman–Crippen LogP) is 2.63. The molecule has 0 bridgehead atoms. The first-order valence-electron chi connectivity index (χ1n) is 6.28. The fourth-order valence-corrected chi connectivity index (χ4v) is 3.29. The summed E-state index contributed by atoms with van der Waals surface area (Å²) in [6, 6.07) is 3.90. The Morgan fingerprint density at radius 3 is 2.44 bits per heavy atom. The minimum absolute atomic E-state index is 0.399. The zero-order valence-corrected chi connectivity index (χ0v) is 9.43. The van der Waals surface area contributed by atoms with Gasteiger partial charge >= 0.3 is 0 Å². The molecule has 2 aliphatic rings. The third kappa shape index (κ3) is 1.77. The first-order chi connectivity index (χ1) is 7.86. The van der Waals surface area contributed by atoms with Crippen LogP contribution in [-0.2, 0) is 11.2 Å². The number of carbonyl (C=O) groups is 1. The van der Waals surface area contributed by atoms with E-state index < -0.39 is 0 Å². The molecule has 2 fully saturated rings. The maximum absolute atomic E-state index is 12.1. The number of nitrogens with zero attached hydrogens (tertiary/aromatic N) is 1. The van der Waals surface area contributed by atoms with Gasteiger partial charge in [-0.2, -0.15) is 0 Å². The molecule has 0 saturated heterocycles. The molecule has 16 heavy (non-hydrogen) atoms. The fraction of sp³-hybridized carbons (Fsp3) is 0.571. The van der Waals surface area contributed by atoms with Gasteiger partial charge in [0.15, 0.2) is 0 Å². The van der Waals surface area contributed by atoms with Crippen LogP contribution in [0, 0.1) is 17.8 Å². The number of hydrogen-bond donors (Lipinski definition) is 0. The summed E-state index contributed by atoms with van der Waals surface area (Å²) in [4.78, 5) is 16.1. The van der Waals surface area contributed by atoms with Gasteiger partial charge in [0.2, 0.25) is 0 Å². The Bertz CT molecular complexity index is 375. The summed E-state index contributed by atoms with van der Waals surface area (Å²) in [5, 5.41) is 0. The van der Waals surface area contributed by atoms with E-state index in [-0.39, 0.29) is 0 Å². The third-order valence-corrected chi connectivity index (χ3v) is 4.16. The fourth-order valence-electron chi connectivity index (χ4n) is 3.29. The topological polar surface area (TPSA) is 30.0 Å². The van der Waals surface area contributed by atoms with Crippen molar-refractivity contribution in [1.82, 2.24) is 4.98 Å². The molecule has 0 aliphatic heterocycles. The van der Waals surface area contributed by atoms with Crippen molar-refractivity contribution in [2.45, 2.75) is 32.1 Å². The molecule has 0 amide bonds. The second-order valence-corrected chi connectivity index (χ2v) is 5.14. The largest absolute Gasteiger partial charge is 0.299 e. The van der Waals surface area contributed by atoms with E-state index in [1.165, 1.54) is 25.7 Å². The van der Waals surface area contributed by atoms with E-state index in [9.17, 15) is 4.79 Å². The van der Waals surface area contributed by atoms with Crippen molar-refractivity contribution in [2.75, 3.05) is 0 Å². The summed E-state index contributed by atoms with van der Waals surface area (Å²) < 4.78 is 0. The van der Waals surface area contributed by atoms with Crippen molar-refractivity contribution in [2.24, 2.45) is 17.8 Å². The van der Waals surface area contributed by atoms with Crippen molar-refractivity contribution in [3.8, 4) is 0 Å². The SMILES string of the molecule is O=C(Cc1ccncc1)C1C2CCCCC21. The van der Waals surface area contributed by atoms with Crippen LogP contribution in [0.4, 0.5) is 0 Å². The van der Waals surface area contributed by atoms with Crippen LogP contribution < -0.4 is 0 Å². The molecule has 2 saturated carbocycles. The van der Waals surface area contributed by atoms with Crippen molar-refractivity contribution >= 4 is 5.78 Å². The summed E-state index contributed by atoms with van der Waals surface area (Å²) in [6.07, 6.45) is 9.39. The second-order valence-electron chi connectivity index (χ2n) is 5.14. The highest BCUT2D eigenvalue weighted by atomic mass is 16.1. The Labute approximate surface area is 96.1 Å². The molecule has 1 aromatic rings. The lowest BCUT2D eigenvalue weighted by molar-refractivity contribution is -0.120. The molecule has 0 N–H and O–H groups in total. The third-order valence-electron chi connectivity index (χ3n) is 4.16. The summed E-state index contributed by atoms with van der Waals surface area (Å²) in [6.45, 7) is 0. The van der Waals surface area contributed by atoms with Crippen LogP contribution in [-0.4, -0.2) is 10.8 Å². The Morgan fingerprint density at radius 2 is 1.81 bits per heavy atom. The quantitative estimate of drug-likeness (QED) is 0.775. The molecule has 3 rings (SSSR count). The van der Waals surface area contributed by atoms with Crippen LogP contribution in [0.1, 0.15) is 31.2 Å². The van der Waals surface area contributed by atoms with Crippen molar-refractivity contribution in [3.05, 3.63) is 30.1 Å². The number of rotatable bonds is 3. The van der Waals surface area contributed by atoms with Crippen molar-refractivity contribution in [1.29, 1.82) is 0 Å². The average molecular weight is 215 g/mol. The van der Waals surface area contributed by atoms with Crippen molar-refractivity contribution < 1.29 is 4.79 Å². The number of ketones is 1. The van der Waals surface area contributed by atoms with Gasteiger partial charge in [0, 0.05) is 24.7 Å². The lowest BCUT2D eigenvalue weighted by atomic mass is 10.0. The Hall–Kier alpha value is -1.18. The van der Waals surface area contributed by atoms with Gasteiger partial charge in [-0.05, 0) is 42.4 Å². The first kappa shape index (κ1) is 10.0. The van der Waals surface area contributed by atoms with Gasteiger partial charge in [-0.3, -0.25) is 9.78 Å². The molecule has 0 aromatic carbocycles. The monoisotopic (exact) mass is 215 g/mol. The molecule has 1 aromatic heterocycles.